The molecule has 0 amide bonds. The summed E-state index contributed by atoms with van der Waals surface area (Å²) in [6.45, 7) is 2.83. The van der Waals surface area contributed by atoms with Crippen LogP contribution >= 0.6 is 15.9 Å². The summed E-state index contributed by atoms with van der Waals surface area (Å²) in [7, 11) is -0.0230. The molecule has 0 unspecified atom stereocenters. The number of ether oxygens (including phenoxy) is 1. The highest BCUT2D eigenvalue weighted by Gasteiger charge is 2.26. The van der Waals surface area contributed by atoms with Crippen molar-refractivity contribution in [3.05, 3.63) is 58.4 Å². The van der Waals surface area contributed by atoms with Crippen molar-refractivity contribution in [1.29, 1.82) is 0 Å². The molecule has 0 bridgehead atoms. The molecule has 0 aliphatic rings. The van der Waals surface area contributed by atoms with Gasteiger partial charge in [0.25, 0.3) is 10.0 Å². The van der Waals surface area contributed by atoms with Gasteiger partial charge in [-0.05, 0) is 63.5 Å². The molecule has 0 saturated carbocycles. The average Bonchev–Trinajstić information content (AvgIpc) is 2.87. The summed E-state index contributed by atoms with van der Waals surface area (Å²) in [5, 5.41) is 0.700. The molecule has 0 atom stereocenters. The summed E-state index contributed by atoms with van der Waals surface area (Å²) in [5.74, 6) is 0.0403. The third-order valence-corrected chi connectivity index (χ3v) is 6.50. The van der Waals surface area contributed by atoms with E-state index in [0.29, 0.717) is 35.5 Å². The molecule has 0 spiro atoms. The molecule has 144 valence electrons. The van der Waals surface area contributed by atoms with Gasteiger partial charge in [-0.3, -0.25) is 0 Å². The van der Waals surface area contributed by atoms with Gasteiger partial charge >= 0.3 is 0 Å². The van der Waals surface area contributed by atoms with Crippen LogP contribution in [0.5, 0.6) is 5.75 Å². The standard InChI is InChI=1S/C19H20BrFN2O3S/c1-13-19(26-11-10-22(2)3)17-12-14(20)4-9-18(17)23(13)27(24,25)16-7-5-15(21)6-8-16/h4-9,12H,10-11H2,1-3H3. The molecule has 0 radical (unpaired) electrons. The molecule has 0 fully saturated rings. The number of nitrogens with zero attached hydrogens (tertiary/aromatic N) is 2. The predicted octanol–water partition coefficient (Wildman–Crippen LogP) is 4.03. The van der Waals surface area contributed by atoms with Gasteiger partial charge in [-0.2, -0.15) is 0 Å². The van der Waals surface area contributed by atoms with Crippen LogP contribution in [0.2, 0.25) is 0 Å². The molecule has 3 aromatic rings. The minimum absolute atomic E-state index is 0.0201. The van der Waals surface area contributed by atoms with Gasteiger partial charge in [0, 0.05) is 16.4 Å². The van der Waals surface area contributed by atoms with Crippen molar-refractivity contribution in [2.75, 3.05) is 27.2 Å². The van der Waals surface area contributed by atoms with E-state index >= 15 is 0 Å². The summed E-state index contributed by atoms with van der Waals surface area (Å²) in [6.07, 6.45) is 0. The second-order valence-corrected chi connectivity index (χ2v) is 9.15. The maximum absolute atomic E-state index is 13.2. The lowest BCUT2D eigenvalue weighted by molar-refractivity contribution is 0.262. The molecule has 0 aliphatic heterocycles. The fourth-order valence-electron chi connectivity index (χ4n) is 2.87. The van der Waals surface area contributed by atoms with E-state index in [1.54, 1.807) is 19.1 Å². The van der Waals surface area contributed by atoms with Gasteiger partial charge in [-0.15, -0.1) is 0 Å². The first kappa shape index (κ1) is 19.9. The van der Waals surface area contributed by atoms with Gasteiger partial charge in [0.1, 0.15) is 18.2 Å². The molecular weight excluding hydrogens is 435 g/mol. The van der Waals surface area contributed by atoms with Crippen molar-refractivity contribution >= 4 is 36.9 Å². The first-order valence-corrected chi connectivity index (χ1v) is 10.5. The minimum atomic E-state index is -3.90. The lowest BCUT2D eigenvalue weighted by Crippen LogP contribution is -2.20. The lowest BCUT2D eigenvalue weighted by atomic mass is 10.2. The third-order valence-electron chi connectivity index (χ3n) is 4.19. The average molecular weight is 455 g/mol. The zero-order valence-corrected chi connectivity index (χ0v) is 17.6. The quantitative estimate of drug-likeness (QED) is 0.564. The Morgan fingerprint density at radius 1 is 1.15 bits per heavy atom. The molecule has 1 heterocycles. The highest BCUT2D eigenvalue weighted by molar-refractivity contribution is 9.10. The van der Waals surface area contributed by atoms with Crippen LogP contribution in [0.1, 0.15) is 5.69 Å². The van der Waals surface area contributed by atoms with E-state index in [2.05, 4.69) is 15.9 Å². The van der Waals surface area contributed by atoms with E-state index in [1.807, 2.05) is 25.1 Å². The first-order chi connectivity index (χ1) is 12.7. The maximum atomic E-state index is 13.2. The van der Waals surface area contributed by atoms with Gasteiger partial charge in [0.2, 0.25) is 0 Å². The molecule has 2 aromatic carbocycles. The van der Waals surface area contributed by atoms with E-state index in [9.17, 15) is 12.8 Å². The zero-order valence-electron chi connectivity index (χ0n) is 15.2. The topological polar surface area (TPSA) is 51.5 Å². The lowest BCUT2D eigenvalue weighted by Gasteiger charge is -2.12. The van der Waals surface area contributed by atoms with E-state index < -0.39 is 15.8 Å². The van der Waals surface area contributed by atoms with Crippen molar-refractivity contribution in [3.8, 4) is 5.75 Å². The van der Waals surface area contributed by atoms with Crippen LogP contribution in [-0.2, 0) is 10.0 Å². The van der Waals surface area contributed by atoms with E-state index in [-0.39, 0.29) is 4.90 Å². The summed E-state index contributed by atoms with van der Waals surface area (Å²) < 4.78 is 47.7. The van der Waals surface area contributed by atoms with Crippen LogP contribution in [-0.4, -0.2) is 44.5 Å². The SMILES string of the molecule is Cc1c(OCCN(C)C)c2cc(Br)ccc2n1S(=O)(=O)c1ccc(F)cc1. The van der Waals surface area contributed by atoms with E-state index in [0.717, 1.165) is 16.6 Å². The molecule has 0 aliphatic carbocycles. The normalized spacial score (nSPS) is 12.1. The zero-order chi connectivity index (χ0) is 19.8. The van der Waals surface area contributed by atoms with Crippen molar-refractivity contribution < 1.29 is 17.5 Å². The van der Waals surface area contributed by atoms with Gasteiger partial charge < -0.3 is 9.64 Å². The first-order valence-electron chi connectivity index (χ1n) is 8.31. The molecular formula is C19H20BrFN2O3S. The molecule has 3 rings (SSSR count). The highest BCUT2D eigenvalue weighted by atomic mass is 79.9. The number of rotatable bonds is 6. The highest BCUT2D eigenvalue weighted by Crippen LogP contribution is 2.37. The Morgan fingerprint density at radius 2 is 1.81 bits per heavy atom. The fourth-order valence-corrected chi connectivity index (χ4v) is 4.78. The van der Waals surface area contributed by atoms with Crippen LogP contribution in [0.25, 0.3) is 10.9 Å². The van der Waals surface area contributed by atoms with Gasteiger partial charge in [-0.1, -0.05) is 15.9 Å². The number of fused-ring (bicyclic) bond motifs is 1. The summed E-state index contributed by atoms with van der Waals surface area (Å²) in [6, 6.07) is 10.2. The minimum Gasteiger partial charge on any atom is -0.490 e. The van der Waals surface area contributed by atoms with E-state index in [1.165, 1.54) is 16.1 Å². The van der Waals surface area contributed by atoms with Crippen molar-refractivity contribution in [2.24, 2.45) is 0 Å². The van der Waals surface area contributed by atoms with Gasteiger partial charge in [0.05, 0.1) is 16.1 Å². The number of benzene rings is 2. The Labute approximate surface area is 166 Å². The van der Waals surface area contributed by atoms with Crippen LogP contribution in [0.4, 0.5) is 4.39 Å². The number of hydrogen-bond donors (Lipinski definition) is 0. The van der Waals surface area contributed by atoms with Crippen molar-refractivity contribution in [2.45, 2.75) is 11.8 Å². The summed E-state index contributed by atoms with van der Waals surface area (Å²) in [5.41, 5.74) is 0.992. The number of likely N-dealkylation sites (N-methyl/N-ethyl adjacent to an activating group) is 1. The molecule has 0 N–H and O–H groups in total. The molecule has 1 aromatic heterocycles. The van der Waals surface area contributed by atoms with Crippen LogP contribution in [0, 0.1) is 12.7 Å². The predicted molar refractivity (Wildman–Crippen MR) is 107 cm³/mol. The Bertz CT molecular complexity index is 1080. The molecule has 0 saturated heterocycles. The Kier molecular flexibility index (Phi) is 5.60. The molecule has 5 nitrogen and oxygen atoms in total. The number of aromatic nitrogens is 1. The largest absolute Gasteiger partial charge is 0.490 e. The third kappa shape index (κ3) is 3.88. The van der Waals surface area contributed by atoms with Gasteiger partial charge in [-0.25, -0.2) is 16.8 Å². The van der Waals surface area contributed by atoms with Crippen molar-refractivity contribution in [1.82, 2.24) is 8.87 Å². The number of halogens is 2. The summed E-state index contributed by atoms with van der Waals surface area (Å²) in [4.78, 5) is 2.01. The van der Waals surface area contributed by atoms with Crippen LogP contribution in [0.3, 0.4) is 0 Å². The van der Waals surface area contributed by atoms with Crippen molar-refractivity contribution in [3.63, 3.8) is 0 Å². The summed E-state index contributed by atoms with van der Waals surface area (Å²) >= 11 is 3.43. The fraction of sp³-hybridized carbons (Fsp3) is 0.263. The Morgan fingerprint density at radius 3 is 2.44 bits per heavy atom. The second-order valence-electron chi connectivity index (χ2n) is 6.45. The molecule has 27 heavy (non-hydrogen) atoms. The van der Waals surface area contributed by atoms with Crippen LogP contribution < -0.4 is 4.74 Å². The Hall–Kier alpha value is -1.90. The van der Waals surface area contributed by atoms with Crippen LogP contribution in [0.15, 0.2) is 51.8 Å². The van der Waals surface area contributed by atoms with E-state index in [4.69, 9.17) is 4.74 Å². The maximum Gasteiger partial charge on any atom is 0.268 e. The molecule has 8 heteroatoms. The Balaban J connectivity index is 2.18. The van der Waals surface area contributed by atoms with Gasteiger partial charge in [0.15, 0.2) is 0 Å². The number of hydrogen-bond acceptors (Lipinski definition) is 4. The second kappa shape index (κ2) is 7.61. The monoisotopic (exact) mass is 454 g/mol. The smallest absolute Gasteiger partial charge is 0.268 e.